The zero-order chi connectivity index (χ0) is 37.6. The van der Waals surface area contributed by atoms with Gasteiger partial charge in [0.1, 0.15) is 11.6 Å². The minimum Gasteiger partial charge on any atom is -0.356 e. The number of nitrogens with zero attached hydrogens (tertiary/aromatic N) is 10. The summed E-state index contributed by atoms with van der Waals surface area (Å²) in [6.07, 6.45) is 2.21. The van der Waals surface area contributed by atoms with Gasteiger partial charge in [0.2, 0.25) is 0 Å². The predicted molar refractivity (Wildman–Crippen MR) is 241 cm³/mol. The molecule has 21 heteroatoms. The van der Waals surface area contributed by atoms with Crippen LogP contribution in [0.3, 0.4) is 0 Å². The van der Waals surface area contributed by atoms with E-state index in [4.69, 9.17) is 51.3 Å². The van der Waals surface area contributed by atoms with Gasteiger partial charge in [-0.25, -0.2) is 15.0 Å². The zero-order valence-corrected chi connectivity index (χ0v) is 38.7. The number of aromatic nitrogens is 8. The zero-order valence-electron chi connectivity index (χ0n) is 31.1. The first-order chi connectivity index (χ1) is 26.3. The molecule has 0 aromatic carbocycles. The van der Waals surface area contributed by atoms with Crippen LogP contribution < -0.4 is 21.4 Å². The van der Waals surface area contributed by atoms with Crippen molar-refractivity contribution in [3.05, 3.63) is 23.3 Å². The van der Waals surface area contributed by atoms with E-state index in [-0.39, 0.29) is 16.8 Å². The third kappa shape index (κ3) is 10.6. The molecule has 0 saturated heterocycles. The van der Waals surface area contributed by atoms with Crippen LogP contribution in [-0.2, 0) is 16.8 Å². The molecule has 8 bridgehead atoms. The van der Waals surface area contributed by atoms with E-state index in [2.05, 4.69) is 38.0 Å². The van der Waals surface area contributed by atoms with E-state index in [9.17, 15) is 0 Å². The third-order valence-electron chi connectivity index (χ3n) is 8.07. The largest absolute Gasteiger partial charge is 2.00 e. The summed E-state index contributed by atoms with van der Waals surface area (Å²) < 4.78 is 0. The Hall–Kier alpha value is -0.534. The van der Waals surface area contributed by atoms with Gasteiger partial charge in [0, 0.05) is 88.2 Å². The molecular formula is C34H44CoN12S8. The molecule has 6 aliphatic heterocycles. The Balaban J connectivity index is 0.000000296. The van der Waals surface area contributed by atoms with E-state index in [0.29, 0.717) is 45.9 Å². The maximum atomic E-state index is 5.25. The molecule has 3 aromatic heterocycles. The number of rotatable bonds is 6. The Kier molecular flexibility index (Phi) is 16.9. The Labute approximate surface area is 367 Å². The van der Waals surface area contributed by atoms with Crippen LogP contribution in [0.25, 0.3) is 42.2 Å². The van der Waals surface area contributed by atoms with Gasteiger partial charge in [-0.2, -0.15) is 0 Å². The van der Waals surface area contributed by atoms with Crippen molar-refractivity contribution in [3.63, 3.8) is 0 Å². The number of hydrogen-bond donors (Lipinski definition) is 2. The molecule has 0 fully saturated rings. The Morgan fingerprint density at radius 1 is 0.436 bits per heavy atom. The second-order valence-corrected chi connectivity index (χ2v) is 21.6. The minimum atomic E-state index is 0. The van der Waals surface area contributed by atoms with E-state index in [0.717, 1.165) is 124 Å². The van der Waals surface area contributed by atoms with Crippen LogP contribution >= 0.6 is 94.1 Å². The molecule has 1 radical (unpaired) electrons. The number of nitrogens with two attached hydrogens (primary N) is 2. The van der Waals surface area contributed by atoms with Gasteiger partial charge < -0.3 is 46.2 Å². The van der Waals surface area contributed by atoms with E-state index in [1.54, 1.807) is 0 Å². The van der Waals surface area contributed by atoms with Crippen molar-refractivity contribution in [2.75, 3.05) is 100 Å². The quantitative estimate of drug-likeness (QED) is 0.298. The molecule has 297 valence electrons. The molecule has 9 heterocycles. The average Bonchev–Trinajstić information content (AvgIpc) is 3.92. The molecule has 0 aliphatic carbocycles. The van der Waals surface area contributed by atoms with Gasteiger partial charge in [0.25, 0.3) is 0 Å². The normalized spacial score (nSPS) is 17.3. The van der Waals surface area contributed by atoms with Gasteiger partial charge in [-0.15, -0.1) is 94.1 Å². The van der Waals surface area contributed by atoms with Crippen molar-refractivity contribution in [2.45, 2.75) is 32.4 Å². The van der Waals surface area contributed by atoms with E-state index in [1.807, 2.05) is 94.1 Å². The summed E-state index contributed by atoms with van der Waals surface area (Å²) >= 11 is 14.5. The molecule has 6 aliphatic rings. The molecule has 0 amide bonds. The van der Waals surface area contributed by atoms with Crippen molar-refractivity contribution in [2.24, 2.45) is 11.5 Å². The monoisotopic (exact) mass is 935 g/mol. The summed E-state index contributed by atoms with van der Waals surface area (Å²) in [7, 11) is 8.20. The summed E-state index contributed by atoms with van der Waals surface area (Å²) in [6, 6.07) is 0. The first-order valence-corrected chi connectivity index (χ1v) is 25.6. The smallest absolute Gasteiger partial charge is 0.356 e. The van der Waals surface area contributed by atoms with E-state index in [1.165, 1.54) is 0 Å². The Bertz CT molecular complexity index is 1930. The Morgan fingerprint density at radius 3 is 0.982 bits per heavy atom. The van der Waals surface area contributed by atoms with Gasteiger partial charge in [0.05, 0.1) is 19.6 Å². The fourth-order valence-electron chi connectivity index (χ4n) is 5.63. The van der Waals surface area contributed by atoms with Gasteiger partial charge >= 0.3 is 16.8 Å². The van der Waals surface area contributed by atoms with Gasteiger partial charge in [-0.3, -0.25) is 0 Å². The fraction of sp³-hybridized carbons (Fsp3) is 0.529. The molecular weight excluding hydrogens is 892 g/mol. The van der Waals surface area contributed by atoms with Gasteiger partial charge in [-0.05, 0) is 67.2 Å². The first kappa shape index (κ1) is 44.0. The van der Waals surface area contributed by atoms with Crippen molar-refractivity contribution in [3.8, 4) is 0 Å². The fourth-order valence-corrected chi connectivity index (χ4v) is 14.9. The van der Waals surface area contributed by atoms with Crippen molar-refractivity contribution < 1.29 is 16.8 Å². The van der Waals surface area contributed by atoms with Crippen LogP contribution in [0.5, 0.6) is 0 Å². The van der Waals surface area contributed by atoms with Crippen molar-refractivity contribution in [1.82, 2.24) is 49.7 Å². The molecule has 0 atom stereocenters. The van der Waals surface area contributed by atoms with E-state index >= 15 is 0 Å². The molecule has 4 N–H and O–H groups in total. The predicted octanol–water partition coefficient (Wildman–Crippen LogP) is 5.95. The second kappa shape index (κ2) is 21.1. The standard InChI is InChI=1S/C24H16N8S8.2C5H14N2.Co/c1-2-34-10-9(33-1)17-25-18(10)30-20-13-14(38-6-5-37-13)22(27-20)32-24-16-15(39-7-8-40-16)23(28-24)31-21-12-11(19(26-21)29-17)35-3-4-36-12;2*1-7(2)5-3-4-6;/h1-8H2;2*3-6H2,1-2H3;/q-2;;;+2. The maximum Gasteiger partial charge on any atom is 2.00 e. The van der Waals surface area contributed by atoms with Crippen LogP contribution in [0, 0.1) is 0 Å². The van der Waals surface area contributed by atoms with Crippen LogP contribution in [-0.4, -0.2) is 140 Å². The van der Waals surface area contributed by atoms with Crippen LogP contribution in [0.4, 0.5) is 0 Å². The van der Waals surface area contributed by atoms with Crippen LogP contribution in [0.15, 0.2) is 19.6 Å². The van der Waals surface area contributed by atoms with Crippen LogP contribution in [0.2, 0.25) is 0 Å². The number of hydrogen-bond acceptors (Lipinski definition) is 18. The summed E-state index contributed by atoms with van der Waals surface area (Å²) in [5.41, 5.74) is 13.3. The Morgan fingerprint density at radius 2 is 0.709 bits per heavy atom. The summed E-state index contributed by atoms with van der Waals surface area (Å²) in [5.74, 6) is 11.0. The maximum absolute atomic E-state index is 5.25. The second-order valence-electron chi connectivity index (χ2n) is 12.8. The summed E-state index contributed by atoms with van der Waals surface area (Å²) in [5, 5.41) is 0. The molecule has 0 saturated carbocycles. The minimum absolute atomic E-state index is 0. The van der Waals surface area contributed by atoms with Crippen molar-refractivity contribution in [1.29, 1.82) is 0 Å². The van der Waals surface area contributed by atoms with Gasteiger partial charge in [0.15, 0.2) is 11.6 Å². The first-order valence-electron chi connectivity index (χ1n) is 17.8. The van der Waals surface area contributed by atoms with Crippen molar-refractivity contribution >= 4 is 136 Å². The molecule has 0 spiro atoms. The summed E-state index contributed by atoms with van der Waals surface area (Å²) in [4.78, 5) is 53.3. The number of fused-ring (bicyclic) bond motifs is 18. The molecule has 0 unspecified atom stereocenters. The average molecular weight is 936 g/mol. The third-order valence-corrected chi connectivity index (χ3v) is 18.3. The number of thioether (sulfide) groups is 8. The molecule has 55 heavy (non-hydrogen) atoms. The SMILES string of the molecule is C1CSC2=C(S1)c1nc3nc(nc4[n-]c(nc5[n-]c(nc2n1)c1c5SCCS1)c1c4SCCS1)C1=C3SCCS1.CN(C)CCCN.CN(C)CCCN.[Co+2]. The van der Waals surface area contributed by atoms with Crippen LogP contribution in [0.1, 0.15) is 36.1 Å². The summed E-state index contributed by atoms with van der Waals surface area (Å²) in [6.45, 7) is 3.82. The molecule has 12 nitrogen and oxygen atoms in total. The van der Waals surface area contributed by atoms with E-state index < -0.39 is 0 Å². The topological polar surface area (TPSA) is 164 Å². The van der Waals surface area contributed by atoms with Gasteiger partial charge in [-0.1, -0.05) is 0 Å². The molecule has 3 aromatic rings. The molecule has 9 rings (SSSR count).